The molecule has 98 valence electrons. The Bertz CT molecular complexity index is 448. The average Bonchev–Trinajstić information content (AvgIpc) is 2.78. The van der Waals surface area contributed by atoms with Crippen molar-refractivity contribution in [3.63, 3.8) is 0 Å². The molecule has 2 N–H and O–H groups in total. The van der Waals surface area contributed by atoms with Gasteiger partial charge in [0, 0.05) is 18.2 Å². The van der Waals surface area contributed by atoms with Gasteiger partial charge >= 0.3 is 0 Å². The van der Waals surface area contributed by atoms with Crippen LogP contribution >= 0.6 is 0 Å². The lowest BCUT2D eigenvalue weighted by Gasteiger charge is -2.13. The fraction of sp³-hybridized carbons (Fsp3) is 0.533. The molecule has 1 saturated heterocycles. The minimum absolute atomic E-state index is 0.112. The van der Waals surface area contributed by atoms with E-state index >= 15 is 0 Å². The van der Waals surface area contributed by atoms with Gasteiger partial charge in [0.1, 0.15) is 0 Å². The molecule has 1 heterocycles. The van der Waals surface area contributed by atoms with Gasteiger partial charge in [0.2, 0.25) is 5.91 Å². The monoisotopic (exact) mass is 246 g/mol. The maximum atomic E-state index is 12.0. The van der Waals surface area contributed by atoms with Crippen molar-refractivity contribution in [3.05, 3.63) is 28.8 Å². The summed E-state index contributed by atoms with van der Waals surface area (Å²) < 4.78 is 0. The number of hydrogen-bond acceptors (Lipinski definition) is 2. The van der Waals surface area contributed by atoms with Crippen molar-refractivity contribution in [2.45, 2.75) is 46.1 Å². The number of carbonyl (C=O) groups is 1. The van der Waals surface area contributed by atoms with Crippen molar-refractivity contribution in [1.82, 2.24) is 5.32 Å². The minimum Gasteiger partial charge on any atom is -0.326 e. The van der Waals surface area contributed by atoms with Crippen LogP contribution in [-0.4, -0.2) is 18.5 Å². The van der Waals surface area contributed by atoms with Crippen LogP contribution < -0.4 is 10.6 Å². The Labute approximate surface area is 109 Å². The van der Waals surface area contributed by atoms with Crippen LogP contribution in [0.2, 0.25) is 0 Å². The molecule has 3 nitrogen and oxygen atoms in total. The SMILES string of the molecule is Cc1cc(C)c(NC(=O)CC2CCCN2)cc1C. The molecular weight excluding hydrogens is 224 g/mol. The number of anilines is 1. The van der Waals surface area contributed by atoms with Gasteiger partial charge < -0.3 is 10.6 Å². The van der Waals surface area contributed by atoms with Gasteiger partial charge in [0.25, 0.3) is 0 Å². The van der Waals surface area contributed by atoms with E-state index in [2.05, 4.69) is 36.6 Å². The third kappa shape index (κ3) is 3.10. The Hall–Kier alpha value is -1.35. The predicted molar refractivity (Wildman–Crippen MR) is 74.9 cm³/mol. The number of amides is 1. The summed E-state index contributed by atoms with van der Waals surface area (Å²) in [7, 11) is 0. The van der Waals surface area contributed by atoms with Crippen LogP contribution in [-0.2, 0) is 4.79 Å². The molecule has 18 heavy (non-hydrogen) atoms. The zero-order chi connectivity index (χ0) is 13.1. The molecule has 0 radical (unpaired) electrons. The van der Waals surface area contributed by atoms with Crippen molar-refractivity contribution in [2.75, 3.05) is 11.9 Å². The van der Waals surface area contributed by atoms with Crippen molar-refractivity contribution in [3.8, 4) is 0 Å². The molecule has 2 rings (SSSR count). The molecule has 1 aliphatic heterocycles. The highest BCUT2D eigenvalue weighted by Crippen LogP contribution is 2.20. The first-order chi connectivity index (χ1) is 8.56. The van der Waals surface area contributed by atoms with Crippen LogP contribution in [0.1, 0.15) is 36.0 Å². The number of nitrogens with one attached hydrogen (secondary N) is 2. The molecule has 1 atom stereocenters. The van der Waals surface area contributed by atoms with E-state index in [1.807, 2.05) is 6.92 Å². The summed E-state index contributed by atoms with van der Waals surface area (Å²) in [6.07, 6.45) is 2.87. The summed E-state index contributed by atoms with van der Waals surface area (Å²) >= 11 is 0. The van der Waals surface area contributed by atoms with E-state index in [1.165, 1.54) is 17.5 Å². The molecule has 0 aromatic heterocycles. The Kier molecular flexibility index (Phi) is 4.02. The maximum absolute atomic E-state index is 12.0. The standard InChI is InChI=1S/C15H22N2O/c1-10-7-12(3)14(8-11(10)2)17-15(18)9-13-5-4-6-16-13/h7-8,13,16H,4-6,9H2,1-3H3,(H,17,18). The number of carbonyl (C=O) groups excluding carboxylic acids is 1. The Morgan fingerprint density at radius 2 is 2.00 bits per heavy atom. The lowest BCUT2D eigenvalue weighted by atomic mass is 10.0. The van der Waals surface area contributed by atoms with Gasteiger partial charge in [-0.1, -0.05) is 6.07 Å². The summed E-state index contributed by atoms with van der Waals surface area (Å²) in [5.74, 6) is 0.112. The van der Waals surface area contributed by atoms with E-state index < -0.39 is 0 Å². The van der Waals surface area contributed by atoms with Gasteiger partial charge in [0.05, 0.1) is 0 Å². The van der Waals surface area contributed by atoms with E-state index in [1.54, 1.807) is 0 Å². The zero-order valence-corrected chi connectivity index (χ0v) is 11.5. The molecule has 1 aliphatic rings. The van der Waals surface area contributed by atoms with Crippen LogP contribution in [0.5, 0.6) is 0 Å². The summed E-state index contributed by atoms with van der Waals surface area (Å²) in [5, 5.41) is 6.37. The van der Waals surface area contributed by atoms with Crippen LogP contribution in [0.25, 0.3) is 0 Å². The van der Waals surface area contributed by atoms with Gasteiger partial charge in [-0.2, -0.15) is 0 Å². The molecule has 1 aromatic rings. The molecule has 3 heteroatoms. The minimum atomic E-state index is 0.112. The fourth-order valence-electron chi connectivity index (χ4n) is 2.45. The highest BCUT2D eigenvalue weighted by Gasteiger charge is 2.18. The summed E-state index contributed by atoms with van der Waals surface area (Å²) in [5.41, 5.74) is 4.56. The van der Waals surface area contributed by atoms with E-state index in [-0.39, 0.29) is 5.91 Å². The molecule has 0 bridgehead atoms. The predicted octanol–water partition coefficient (Wildman–Crippen LogP) is 2.69. The zero-order valence-electron chi connectivity index (χ0n) is 11.5. The molecule has 0 spiro atoms. The second-order valence-corrected chi connectivity index (χ2v) is 5.30. The van der Waals surface area contributed by atoms with Crippen molar-refractivity contribution < 1.29 is 4.79 Å². The molecule has 0 aliphatic carbocycles. The highest BCUT2D eigenvalue weighted by molar-refractivity contribution is 5.92. The third-order valence-corrected chi connectivity index (χ3v) is 3.71. The Morgan fingerprint density at radius 3 is 2.67 bits per heavy atom. The number of aryl methyl sites for hydroxylation is 3. The molecule has 0 saturated carbocycles. The largest absolute Gasteiger partial charge is 0.326 e. The van der Waals surface area contributed by atoms with Crippen LogP contribution in [0.3, 0.4) is 0 Å². The molecule has 1 fully saturated rings. The van der Waals surface area contributed by atoms with Gasteiger partial charge in [-0.25, -0.2) is 0 Å². The lowest BCUT2D eigenvalue weighted by Crippen LogP contribution is -2.27. The molecule has 1 unspecified atom stereocenters. The quantitative estimate of drug-likeness (QED) is 0.861. The first-order valence-corrected chi connectivity index (χ1v) is 6.67. The van der Waals surface area contributed by atoms with Crippen LogP contribution in [0.15, 0.2) is 12.1 Å². The van der Waals surface area contributed by atoms with Crippen molar-refractivity contribution >= 4 is 11.6 Å². The normalized spacial score (nSPS) is 18.9. The lowest BCUT2D eigenvalue weighted by molar-refractivity contribution is -0.116. The summed E-state index contributed by atoms with van der Waals surface area (Å²) in [4.78, 5) is 12.0. The van der Waals surface area contributed by atoms with Gasteiger partial charge in [-0.05, 0) is 62.9 Å². The Morgan fingerprint density at radius 1 is 1.28 bits per heavy atom. The van der Waals surface area contributed by atoms with Gasteiger partial charge in [-0.3, -0.25) is 4.79 Å². The number of benzene rings is 1. The second-order valence-electron chi connectivity index (χ2n) is 5.30. The first-order valence-electron chi connectivity index (χ1n) is 6.67. The van der Waals surface area contributed by atoms with Crippen LogP contribution in [0.4, 0.5) is 5.69 Å². The van der Waals surface area contributed by atoms with Gasteiger partial charge in [0.15, 0.2) is 0 Å². The Balaban J connectivity index is 2.00. The number of rotatable bonds is 3. The third-order valence-electron chi connectivity index (χ3n) is 3.71. The topological polar surface area (TPSA) is 41.1 Å². The summed E-state index contributed by atoms with van der Waals surface area (Å²) in [6, 6.07) is 4.54. The maximum Gasteiger partial charge on any atom is 0.225 e. The van der Waals surface area contributed by atoms with E-state index in [9.17, 15) is 4.79 Å². The summed E-state index contributed by atoms with van der Waals surface area (Å²) in [6.45, 7) is 7.25. The molecular formula is C15H22N2O. The van der Waals surface area contributed by atoms with Crippen molar-refractivity contribution in [2.24, 2.45) is 0 Å². The first kappa shape index (κ1) is 13.1. The van der Waals surface area contributed by atoms with Crippen molar-refractivity contribution in [1.29, 1.82) is 0 Å². The highest BCUT2D eigenvalue weighted by atomic mass is 16.1. The second kappa shape index (κ2) is 5.53. The van der Waals surface area contributed by atoms with Crippen LogP contribution in [0, 0.1) is 20.8 Å². The van der Waals surface area contributed by atoms with Gasteiger partial charge in [-0.15, -0.1) is 0 Å². The number of hydrogen-bond donors (Lipinski definition) is 2. The molecule has 1 aromatic carbocycles. The van der Waals surface area contributed by atoms with E-state index in [4.69, 9.17) is 0 Å². The van der Waals surface area contributed by atoms with E-state index in [0.29, 0.717) is 12.5 Å². The fourth-order valence-corrected chi connectivity index (χ4v) is 2.45. The van der Waals surface area contributed by atoms with E-state index in [0.717, 1.165) is 24.2 Å². The molecule has 1 amide bonds. The smallest absolute Gasteiger partial charge is 0.225 e. The average molecular weight is 246 g/mol.